The number of benzene rings is 1. The lowest BCUT2D eigenvalue weighted by molar-refractivity contribution is -0.129. The highest BCUT2D eigenvalue weighted by atomic mass is 16.3. The van der Waals surface area contributed by atoms with Gasteiger partial charge in [-0.15, -0.1) is 0 Å². The van der Waals surface area contributed by atoms with E-state index in [0.717, 1.165) is 38.8 Å². The molecule has 1 amide bonds. The fourth-order valence-electron chi connectivity index (χ4n) is 4.51. The van der Waals surface area contributed by atoms with Crippen LogP contribution in [0.15, 0.2) is 30.3 Å². The number of hydrogen-bond donors (Lipinski definition) is 2. The van der Waals surface area contributed by atoms with Crippen LogP contribution in [0.2, 0.25) is 0 Å². The molecule has 1 aliphatic heterocycles. The average molecular weight is 360 g/mol. The molecule has 1 aromatic carbocycles. The minimum Gasteiger partial charge on any atom is -0.396 e. The van der Waals surface area contributed by atoms with Crippen molar-refractivity contribution < 1.29 is 15.0 Å². The summed E-state index contributed by atoms with van der Waals surface area (Å²) in [6, 6.07) is 10.6. The predicted octanol–water partition coefficient (Wildman–Crippen LogP) is 1.85. The van der Waals surface area contributed by atoms with Gasteiger partial charge in [-0.3, -0.25) is 9.69 Å². The molecule has 2 fully saturated rings. The lowest BCUT2D eigenvalue weighted by atomic mass is 9.76. The standard InChI is InChI=1S/C21H32N2O3/c1-17(25)23-12-11-22(13-18(14-23)15-24)16-21(26)9-7-20(8-10-21)19-5-3-2-4-6-19/h2-6,18,20,24,26H,7-16H2,1H3/t18-,20?,21?/m1/s1. The van der Waals surface area contributed by atoms with Crippen LogP contribution in [-0.2, 0) is 4.79 Å². The molecule has 1 saturated carbocycles. The maximum atomic E-state index is 11.7. The zero-order chi connectivity index (χ0) is 18.6. The molecule has 1 atom stereocenters. The highest BCUT2D eigenvalue weighted by Crippen LogP contribution is 2.38. The van der Waals surface area contributed by atoms with Gasteiger partial charge in [-0.05, 0) is 37.2 Å². The summed E-state index contributed by atoms with van der Waals surface area (Å²) in [7, 11) is 0. The van der Waals surface area contributed by atoms with E-state index in [-0.39, 0.29) is 18.4 Å². The van der Waals surface area contributed by atoms with E-state index in [1.54, 1.807) is 6.92 Å². The summed E-state index contributed by atoms with van der Waals surface area (Å²) in [5.41, 5.74) is 0.721. The van der Waals surface area contributed by atoms with E-state index in [1.165, 1.54) is 5.56 Å². The first-order valence-corrected chi connectivity index (χ1v) is 9.85. The molecule has 1 aromatic rings. The third-order valence-corrected chi connectivity index (χ3v) is 6.09. The summed E-state index contributed by atoms with van der Waals surface area (Å²) in [6.45, 7) is 5.09. The number of amides is 1. The molecule has 0 unspecified atom stereocenters. The van der Waals surface area contributed by atoms with Gasteiger partial charge in [-0.25, -0.2) is 0 Å². The van der Waals surface area contributed by atoms with Gasteiger partial charge in [0.25, 0.3) is 0 Å². The maximum Gasteiger partial charge on any atom is 0.219 e. The lowest BCUT2D eigenvalue weighted by Crippen LogP contribution is -2.47. The Morgan fingerprint density at radius 2 is 1.85 bits per heavy atom. The largest absolute Gasteiger partial charge is 0.396 e. The molecule has 1 saturated heterocycles. The Morgan fingerprint density at radius 3 is 2.46 bits per heavy atom. The van der Waals surface area contributed by atoms with Gasteiger partial charge in [0, 0.05) is 52.2 Å². The molecule has 1 aliphatic carbocycles. The zero-order valence-electron chi connectivity index (χ0n) is 15.8. The minimum absolute atomic E-state index is 0.0608. The number of β-amino-alcohol motifs (C(OH)–C–C–N with tert-alkyl or cyclic N) is 1. The quantitative estimate of drug-likeness (QED) is 0.860. The number of hydrogen-bond acceptors (Lipinski definition) is 4. The third kappa shape index (κ3) is 4.84. The number of nitrogens with zero attached hydrogens (tertiary/aromatic N) is 2. The number of carbonyl (C=O) groups excluding carboxylic acids is 1. The van der Waals surface area contributed by atoms with Gasteiger partial charge in [0.1, 0.15) is 0 Å². The number of rotatable bonds is 4. The van der Waals surface area contributed by atoms with E-state index in [4.69, 9.17) is 0 Å². The monoisotopic (exact) mass is 360 g/mol. The second-order valence-electron chi connectivity index (χ2n) is 8.16. The number of carbonyl (C=O) groups is 1. The Hall–Kier alpha value is -1.43. The summed E-state index contributed by atoms with van der Waals surface area (Å²) in [5.74, 6) is 0.664. The van der Waals surface area contributed by atoms with E-state index in [1.807, 2.05) is 11.0 Å². The summed E-state index contributed by atoms with van der Waals surface area (Å²) >= 11 is 0. The van der Waals surface area contributed by atoms with Crippen molar-refractivity contribution >= 4 is 5.91 Å². The molecule has 5 nitrogen and oxygen atoms in total. The van der Waals surface area contributed by atoms with Gasteiger partial charge < -0.3 is 15.1 Å². The Labute approximate surface area is 156 Å². The van der Waals surface area contributed by atoms with Crippen LogP contribution in [-0.4, -0.2) is 70.9 Å². The van der Waals surface area contributed by atoms with Crippen molar-refractivity contribution in [2.45, 2.75) is 44.1 Å². The third-order valence-electron chi connectivity index (χ3n) is 6.09. The molecule has 2 aliphatic rings. The summed E-state index contributed by atoms with van der Waals surface area (Å²) in [5, 5.41) is 20.8. The normalized spacial score (nSPS) is 30.8. The minimum atomic E-state index is -0.656. The Bertz CT molecular complexity index is 584. The Morgan fingerprint density at radius 1 is 1.15 bits per heavy atom. The molecule has 1 heterocycles. The van der Waals surface area contributed by atoms with Crippen molar-refractivity contribution in [2.75, 3.05) is 39.3 Å². The van der Waals surface area contributed by atoms with E-state index in [0.29, 0.717) is 25.6 Å². The van der Waals surface area contributed by atoms with E-state index in [9.17, 15) is 15.0 Å². The Kier molecular flexibility index (Phi) is 6.33. The molecule has 26 heavy (non-hydrogen) atoms. The molecule has 0 spiro atoms. The van der Waals surface area contributed by atoms with Gasteiger partial charge in [-0.2, -0.15) is 0 Å². The molecule has 0 aromatic heterocycles. The van der Waals surface area contributed by atoms with Crippen LogP contribution in [0, 0.1) is 5.92 Å². The molecular weight excluding hydrogens is 328 g/mol. The van der Waals surface area contributed by atoms with Gasteiger partial charge in [-0.1, -0.05) is 30.3 Å². The molecule has 5 heteroatoms. The lowest BCUT2D eigenvalue weighted by Gasteiger charge is -2.40. The van der Waals surface area contributed by atoms with Crippen LogP contribution in [0.5, 0.6) is 0 Å². The van der Waals surface area contributed by atoms with Crippen molar-refractivity contribution in [2.24, 2.45) is 5.92 Å². The van der Waals surface area contributed by atoms with Crippen LogP contribution in [0.3, 0.4) is 0 Å². The fourth-order valence-corrected chi connectivity index (χ4v) is 4.51. The molecule has 0 radical (unpaired) electrons. The van der Waals surface area contributed by atoms with Crippen molar-refractivity contribution in [3.63, 3.8) is 0 Å². The van der Waals surface area contributed by atoms with Crippen molar-refractivity contribution in [3.05, 3.63) is 35.9 Å². The molecule has 2 N–H and O–H groups in total. The van der Waals surface area contributed by atoms with E-state index < -0.39 is 5.60 Å². The fraction of sp³-hybridized carbons (Fsp3) is 0.667. The average Bonchev–Trinajstić information content (AvgIpc) is 2.85. The van der Waals surface area contributed by atoms with Crippen LogP contribution >= 0.6 is 0 Å². The van der Waals surface area contributed by atoms with Crippen LogP contribution in [0.25, 0.3) is 0 Å². The van der Waals surface area contributed by atoms with Crippen LogP contribution < -0.4 is 0 Å². The molecule has 3 rings (SSSR count). The molecule has 144 valence electrons. The zero-order valence-corrected chi connectivity index (χ0v) is 15.8. The van der Waals surface area contributed by atoms with Gasteiger partial charge in [0.2, 0.25) is 5.91 Å². The second kappa shape index (κ2) is 8.51. The molecule has 0 bridgehead atoms. The number of aliphatic hydroxyl groups excluding tert-OH is 1. The highest BCUT2D eigenvalue weighted by Gasteiger charge is 2.36. The highest BCUT2D eigenvalue weighted by molar-refractivity contribution is 5.73. The van der Waals surface area contributed by atoms with Gasteiger partial charge >= 0.3 is 0 Å². The van der Waals surface area contributed by atoms with Gasteiger partial charge in [0.05, 0.1) is 5.60 Å². The first-order valence-electron chi connectivity index (χ1n) is 9.85. The molecular formula is C21H32N2O3. The van der Waals surface area contributed by atoms with Crippen LogP contribution in [0.4, 0.5) is 0 Å². The first-order chi connectivity index (χ1) is 12.5. The topological polar surface area (TPSA) is 64.0 Å². The summed E-state index contributed by atoms with van der Waals surface area (Å²) < 4.78 is 0. The van der Waals surface area contributed by atoms with Crippen molar-refractivity contribution in [1.82, 2.24) is 9.80 Å². The summed E-state index contributed by atoms with van der Waals surface area (Å²) in [6.07, 6.45) is 3.64. The number of aliphatic hydroxyl groups is 2. The SMILES string of the molecule is CC(=O)N1CCN(CC2(O)CCC(c3ccccc3)CC2)C[C@@H](CO)C1. The second-order valence-corrected chi connectivity index (χ2v) is 8.16. The Balaban J connectivity index is 1.57. The maximum absolute atomic E-state index is 11.7. The van der Waals surface area contributed by atoms with E-state index in [2.05, 4.69) is 29.2 Å². The van der Waals surface area contributed by atoms with Crippen molar-refractivity contribution in [3.8, 4) is 0 Å². The predicted molar refractivity (Wildman–Crippen MR) is 102 cm³/mol. The van der Waals surface area contributed by atoms with Crippen molar-refractivity contribution in [1.29, 1.82) is 0 Å². The first kappa shape index (κ1) is 19.3. The van der Waals surface area contributed by atoms with Gasteiger partial charge in [0.15, 0.2) is 0 Å². The van der Waals surface area contributed by atoms with E-state index >= 15 is 0 Å². The smallest absolute Gasteiger partial charge is 0.219 e. The summed E-state index contributed by atoms with van der Waals surface area (Å²) in [4.78, 5) is 15.8. The van der Waals surface area contributed by atoms with Crippen LogP contribution in [0.1, 0.15) is 44.1 Å².